The lowest BCUT2D eigenvalue weighted by Gasteiger charge is -2.14. The fourth-order valence-electron chi connectivity index (χ4n) is 0.211. The summed E-state index contributed by atoms with van der Waals surface area (Å²) in [6.45, 7) is 10.3. The summed E-state index contributed by atoms with van der Waals surface area (Å²) < 4.78 is 0.367. The highest BCUT2D eigenvalue weighted by Gasteiger charge is 2.10. The van der Waals surface area contributed by atoms with Crippen molar-refractivity contribution in [3.8, 4) is 0 Å². The standard InChI is InChI=1S/C7H14S4/c1-5-6-8-10-11-9-7(2,3)4/h5H,1,6H2,2-4H3. The Balaban J connectivity index is 3.08. The molecule has 0 aromatic carbocycles. The fraction of sp³-hybridized carbons (Fsp3) is 0.714. The molecule has 0 radical (unpaired) electrons. The van der Waals surface area contributed by atoms with Crippen LogP contribution in [0.2, 0.25) is 0 Å². The predicted octanol–water partition coefficient (Wildman–Crippen LogP) is 4.65. The second kappa shape index (κ2) is 6.63. The van der Waals surface area contributed by atoms with E-state index in [1.54, 1.807) is 0 Å². The molecule has 0 aromatic rings. The first-order valence-electron chi connectivity index (χ1n) is 3.31. The maximum absolute atomic E-state index is 3.66. The Hall–Kier alpha value is 1.14. The Kier molecular flexibility index (Phi) is 7.32. The van der Waals surface area contributed by atoms with E-state index >= 15 is 0 Å². The lowest BCUT2D eigenvalue weighted by molar-refractivity contribution is 0.810. The molecule has 0 heterocycles. The molecule has 0 rings (SSSR count). The molecular weight excluding hydrogens is 212 g/mol. The van der Waals surface area contributed by atoms with E-state index in [1.165, 1.54) is 0 Å². The maximum atomic E-state index is 3.66. The van der Waals surface area contributed by atoms with Crippen LogP contribution in [0.15, 0.2) is 12.7 Å². The van der Waals surface area contributed by atoms with Gasteiger partial charge in [0.05, 0.1) is 0 Å². The first-order chi connectivity index (χ1) is 5.06. The summed E-state index contributed by atoms with van der Waals surface area (Å²) in [5, 5.41) is 0. The van der Waals surface area contributed by atoms with Crippen molar-refractivity contribution in [2.24, 2.45) is 0 Å². The molecule has 0 aromatic heterocycles. The zero-order valence-electron chi connectivity index (χ0n) is 7.12. The van der Waals surface area contributed by atoms with E-state index in [-0.39, 0.29) is 0 Å². The Morgan fingerprint density at radius 2 is 1.91 bits per heavy atom. The van der Waals surface area contributed by atoms with Crippen LogP contribution in [0.25, 0.3) is 0 Å². The molecule has 0 unspecified atom stereocenters. The van der Waals surface area contributed by atoms with Gasteiger partial charge in [0.15, 0.2) is 0 Å². The Morgan fingerprint density at radius 1 is 1.27 bits per heavy atom. The summed E-state index contributed by atoms with van der Waals surface area (Å²) in [4.78, 5) is 0. The molecule has 0 fully saturated rings. The van der Waals surface area contributed by atoms with Gasteiger partial charge in [0, 0.05) is 10.5 Å². The van der Waals surface area contributed by atoms with Gasteiger partial charge in [-0.1, -0.05) is 48.4 Å². The molecule has 0 N–H and O–H groups in total. The number of hydrogen-bond donors (Lipinski definition) is 0. The topological polar surface area (TPSA) is 0 Å². The Bertz CT molecular complexity index is 105. The molecule has 0 saturated heterocycles. The van der Waals surface area contributed by atoms with Gasteiger partial charge in [-0.2, -0.15) is 0 Å². The highest BCUT2D eigenvalue weighted by Crippen LogP contribution is 2.48. The Labute approximate surface area is 84.9 Å². The Morgan fingerprint density at radius 3 is 2.36 bits per heavy atom. The summed E-state index contributed by atoms with van der Waals surface area (Å²) in [6, 6.07) is 0. The molecule has 11 heavy (non-hydrogen) atoms. The van der Waals surface area contributed by atoms with E-state index in [1.807, 2.05) is 47.3 Å². The molecule has 0 aliphatic rings. The van der Waals surface area contributed by atoms with Gasteiger partial charge < -0.3 is 0 Å². The van der Waals surface area contributed by atoms with Crippen molar-refractivity contribution in [1.29, 1.82) is 0 Å². The summed E-state index contributed by atoms with van der Waals surface area (Å²) >= 11 is 0. The van der Waals surface area contributed by atoms with Gasteiger partial charge in [0.2, 0.25) is 0 Å². The normalized spacial score (nSPS) is 11.5. The van der Waals surface area contributed by atoms with Crippen molar-refractivity contribution in [2.45, 2.75) is 25.5 Å². The van der Waals surface area contributed by atoms with Gasteiger partial charge >= 0.3 is 0 Å². The van der Waals surface area contributed by atoms with Crippen LogP contribution in [0.3, 0.4) is 0 Å². The maximum Gasteiger partial charge on any atom is 0.0223 e. The monoisotopic (exact) mass is 226 g/mol. The van der Waals surface area contributed by atoms with Gasteiger partial charge in [-0.15, -0.1) is 6.58 Å². The van der Waals surface area contributed by atoms with Crippen molar-refractivity contribution in [1.82, 2.24) is 0 Å². The van der Waals surface area contributed by atoms with Crippen LogP contribution in [0.5, 0.6) is 0 Å². The third-order valence-corrected chi connectivity index (χ3v) is 7.68. The van der Waals surface area contributed by atoms with Crippen molar-refractivity contribution in [3.05, 3.63) is 12.7 Å². The predicted molar refractivity (Wildman–Crippen MR) is 65.2 cm³/mol. The molecular formula is C7H14S4. The molecule has 0 atom stereocenters. The van der Waals surface area contributed by atoms with Gasteiger partial charge in [0.1, 0.15) is 0 Å². The molecule has 0 amide bonds. The molecule has 0 aliphatic heterocycles. The lowest BCUT2D eigenvalue weighted by atomic mass is 10.3. The largest absolute Gasteiger partial charge is 0.102 e. The van der Waals surface area contributed by atoms with Crippen LogP contribution in [0.4, 0.5) is 0 Å². The van der Waals surface area contributed by atoms with Crippen LogP contribution in [0, 0.1) is 0 Å². The molecule has 0 spiro atoms. The van der Waals surface area contributed by atoms with E-state index in [2.05, 4.69) is 27.4 Å². The van der Waals surface area contributed by atoms with Crippen molar-refractivity contribution in [2.75, 3.05) is 5.75 Å². The van der Waals surface area contributed by atoms with Gasteiger partial charge in [-0.05, 0) is 19.7 Å². The lowest BCUT2D eigenvalue weighted by Crippen LogP contribution is -2.03. The van der Waals surface area contributed by atoms with Crippen molar-refractivity contribution < 1.29 is 0 Å². The van der Waals surface area contributed by atoms with E-state index in [0.717, 1.165) is 5.75 Å². The van der Waals surface area contributed by atoms with E-state index in [4.69, 9.17) is 0 Å². The highest BCUT2D eigenvalue weighted by molar-refractivity contribution is 9.26. The van der Waals surface area contributed by atoms with Gasteiger partial charge in [0.25, 0.3) is 0 Å². The molecule has 0 nitrogen and oxygen atoms in total. The average Bonchev–Trinajstić information content (AvgIpc) is 1.85. The second-order valence-corrected chi connectivity index (χ2v) is 9.61. The molecule has 4 heteroatoms. The SMILES string of the molecule is C=CCSSSSC(C)(C)C. The van der Waals surface area contributed by atoms with Crippen LogP contribution < -0.4 is 0 Å². The van der Waals surface area contributed by atoms with Crippen LogP contribution >= 0.6 is 41.2 Å². The number of hydrogen-bond acceptors (Lipinski definition) is 4. The third-order valence-electron chi connectivity index (χ3n) is 0.546. The molecule has 0 saturated carbocycles. The minimum absolute atomic E-state index is 0.367. The molecule has 0 aliphatic carbocycles. The first-order valence-corrected chi connectivity index (χ1v) is 8.29. The summed E-state index contributed by atoms with van der Waals surface area (Å²) in [6.07, 6.45) is 1.93. The summed E-state index contributed by atoms with van der Waals surface area (Å²) in [5.74, 6) is 1.03. The smallest absolute Gasteiger partial charge is 0.0223 e. The molecule has 0 bridgehead atoms. The zero-order chi connectivity index (χ0) is 8.74. The van der Waals surface area contributed by atoms with Crippen molar-refractivity contribution >= 4 is 41.2 Å². The average molecular weight is 226 g/mol. The van der Waals surface area contributed by atoms with Crippen LogP contribution in [-0.2, 0) is 0 Å². The minimum atomic E-state index is 0.367. The minimum Gasteiger partial charge on any atom is -0.102 e. The summed E-state index contributed by atoms with van der Waals surface area (Å²) in [7, 11) is 7.42. The summed E-state index contributed by atoms with van der Waals surface area (Å²) in [5.41, 5.74) is 0. The van der Waals surface area contributed by atoms with Crippen molar-refractivity contribution in [3.63, 3.8) is 0 Å². The van der Waals surface area contributed by atoms with Gasteiger partial charge in [-0.3, -0.25) is 0 Å². The van der Waals surface area contributed by atoms with E-state index < -0.39 is 0 Å². The first kappa shape index (κ1) is 12.1. The highest BCUT2D eigenvalue weighted by atomic mass is 33.7. The quantitative estimate of drug-likeness (QED) is 0.380. The van der Waals surface area contributed by atoms with E-state index in [0.29, 0.717) is 4.75 Å². The van der Waals surface area contributed by atoms with Crippen LogP contribution in [0.1, 0.15) is 20.8 Å². The van der Waals surface area contributed by atoms with Gasteiger partial charge in [-0.25, -0.2) is 0 Å². The van der Waals surface area contributed by atoms with E-state index in [9.17, 15) is 0 Å². The molecule has 66 valence electrons. The fourth-order valence-corrected chi connectivity index (χ4v) is 6.65. The van der Waals surface area contributed by atoms with Crippen LogP contribution in [-0.4, -0.2) is 10.5 Å². The zero-order valence-corrected chi connectivity index (χ0v) is 10.4. The second-order valence-electron chi connectivity index (χ2n) is 2.90. The number of rotatable bonds is 5. The third kappa shape index (κ3) is 11.1.